The number of hydrogen-bond donors (Lipinski definition) is 0. The Kier molecular flexibility index (Phi) is 5.39. The van der Waals surface area contributed by atoms with Gasteiger partial charge in [-0.3, -0.25) is 14.2 Å². The van der Waals surface area contributed by atoms with Crippen molar-refractivity contribution in [3.05, 3.63) is 70.5 Å². The van der Waals surface area contributed by atoms with E-state index in [2.05, 4.69) is 0 Å². The second kappa shape index (κ2) is 8.09. The Hall–Kier alpha value is -2.40. The molecule has 1 saturated carbocycles. The van der Waals surface area contributed by atoms with Crippen LogP contribution in [0.15, 0.2) is 64.5 Å². The van der Waals surface area contributed by atoms with Gasteiger partial charge in [0.25, 0.3) is 5.56 Å². The van der Waals surface area contributed by atoms with Crippen molar-refractivity contribution in [2.24, 2.45) is 0 Å². The van der Waals surface area contributed by atoms with Crippen molar-refractivity contribution < 1.29 is 4.79 Å². The van der Waals surface area contributed by atoms with Crippen molar-refractivity contribution >= 4 is 28.4 Å². The van der Waals surface area contributed by atoms with Gasteiger partial charge < -0.3 is 0 Å². The number of para-hydroxylation sites is 1. The molecule has 0 unspecified atom stereocenters. The van der Waals surface area contributed by atoms with Crippen LogP contribution in [0.3, 0.4) is 0 Å². The summed E-state index contributed by atoms with van der Waals surface area (Å²) in [6.45, 7) is 0. The summed E-state index contributed by atoms with van der Waals surface area (Å²) < 4.78 is 1.85. The lowest BCUT2D eigenvalue weighted by molar-refractivity contribution is 0.102. The van der Waals surface area contributed by atoms with Gasteiger partial charge in [-0.1, -0.05) is 73.5 Å². The van der Waals surface area contributed by atoms with E-state index in [1.807, 2.05) is 59.2 Å². The van der Waals surface area contributed by atoms with E-state index in [4.69, 9.17) is 4.98 Å². The van der Waals surface area contributed by atoms with Crippen molar-refractivity contribution in [2.75, 3.05) is 5.75 Å². The molecule has 0 aliphatic heterocycles. The third-order valence-corrected chi connectivity index (χ3v) is 6.10. The number of Topliss-reactive ketones (excluding diaryl/α,β-unsaturated/α-hetero) is 1. The summed E-state index contributed by atoms with van der Waals surface area (Å²) in [5.41, 5.74) is 1.41. The number of nitrogens with zero attached hydrogens (tertiary/aromatic N) is 2. The number of ketones is 1. The first-order valence-electron chi connectivity index (χ1n) is 9.46. The molecule has 1 heterocycles. The van der Waals surface area contributed by atoms with E-state index in [0.717, 1.165) is 25.7 Å². The summed E-state index contributed by atoms with van der Waals surface area (Å²) in [6.07, 6.45) is 5.50. The molecule has 1 fully saturated rings. The van der Waals surface area contributed by atoms with Crippen LogP contribution in [-0.4, -0.2) is 21.1 Å². The van der Waals surface area contributed by atoms with Gasteiger partial charge in [0.15, 0.2) is 10.9 Å². The van der Waals surface area contributed by atoms with Crippen molar-refractivity contribution in [2.45, 2.75) is 43.3 Å². The van der Waals surface area contributed by atoms with Crippen molar-refractivity contribution in [3.63, 3.8) is 0 Å². The highest BCUT2D eigenvalue weighted by molar-refractivity contribution is 7.99. The molecule has 2 aromatic carbocycles. The van der Waals surface area contributed by atoms with Crippen LogP contribution in [0, 0.1) is 0 Å². The molecular weight excluding hydrogens is 356 g/mol. The third-order valence-electron chi connectivity index (χ3n) is 5.14. The molecule has 1 aliphatic rings. The van der Waals surface area contributed by atoms with Gasteiger partial charge in [-0.2, -0.15) is 0 Å². The first kappa shape index (κ1) is 18.0. The van der Waals surface area contributed by atoms with Crippen LogP contribution in [0.2, 0.25) is 0 Å². The highest BCUT2D eigenvalue weighted by Crippen LogP contribution is 2.31. The summed E-state index contributed by atoms with van der Waals surface area (Å²) in [5, 5.41) is 1.32. The van der Waals surface area contributed by atoms with E-state index >= 15 is 0 Å². The Morgan fingerprint density at radius 3 is 2.48 bits per heavy atom. The SMILES string of the molecule is O=C(CSc1nc2ccccc2c(=O)n1C1CCCCC1)c1ccccc1. The molecule has 0 N–H and O–H groups in total. The number of carbonyl (C=O) groups excluding carboxylic acids is 1. The Balaban J connectivity index is 1.69. The van der Waals surface area contributed by atoms with Gasteiger partial charge in [-0.15, -0.1) is 0 Å². The number of aromatic nitrogens is 2. The van der Waals surface area contributed by atoms with Crippen LogP contribution >= 0.6 is 11.8 Å². The van der Waals surface area contributed by atoms with E-state index in [-0.39, 0.29) is 23.1 Å². The number of hydrogen-bond acceptors (Lipinski definition) is 4. The van der Waals surface area contributed by atoms with Gasteiger partial charge in [0, 0.05) is 11.6 Å². The number of benzene rings is 2. The van der Waals surface area contributed by atoms with Crippen LogP contribution in [0.5, 0.6) is 0 Å². The molecular formula is C22H22N2O2S. The fourth-order valence-electron chi connectivity index (χ4n) is 3.73. The fourth-order valence-corrected chi connectivity index (χ4v) is 4.69. The predicted molar refractivity (Wildman–Crippen MR) is 110 cm³/mol. The van der Waals surface area contributed by atoms with Crippen LogP contribution < -0.4 is 5.56 Å². The van der Waals surface area contributed by atoms with E-state index in [0.29, 0.717) is 21.6 Å². The van der Waals surface area contributed by atoms with Gasteiger partial charge in [-0.05, 0) is 25.0 Å². The third kappa shape index (κ3) is 3.83. The highest BCUT2D eigenvalue weighted by Gasteiger charge is 2.22. The minimum absolute atomic E-state index is 0.0159. The lowest BCUT2D eigenvalue weighted by Crippen LogP contribution is -2.29. The minimum Gasteiger partial charge on any atom is -0.293 e. The van der Waals surface area contributed by atoms with Gasteiger partial charge in [-0.25, -0.2) is 4.98 Å². The van der Waals surface area contributed by atoms with Gasteiger partial charge in [0.1, 0.15) is 0 Å². The van der Waals surface area contributed by atoms with Crippen molar-refractivity contribution in [1.29, 1.82) is 0 Å². The molecule has 27 heavy (non-hydrogen) atoms. The summed E-state index contributed by atoms with van der Waals surface area (Å²) >= 11 is 1.37. The van der Waals surface area contributed by atoms with E-state index in [9.17, 15) is 9.59 Å². The van der Waals surface area contributed by atoms with E-state index in [1.54, 1.807) is 0 Å². The molecule has 0 saturated heterocycles. The maximum absolute atomic E-state index is 13.2. The lowest BCUT2D eigenvalue weighted by Gasteiger charge is -2.26. The highest BCUT2D eigenvalue weighted by atomic mass is 32.2. The average molecular weight is 378 g/mol. The second-order valence-electron chi connectivity index (χ2n) is 6.96. The number of carbonyl (C=O) groups is 1. The lowest BCUT2D eigenvalue weighted by atomic mass is 9.95. The summed E-state index contributed by atoms with van der Waals surface area (Å²) in [4.78, 5) is 30.5. The zero-order chi connectivity index (χ0) is 18.6. The quantitative estimate of drug-likeness (QED) is 0.361. The number of fused-ring (bicyclic) bond motifs is 1. The largest absolute Gasteiger partial charge is 0.293 e. The van der Waals surface area contributed by atoms with E-state index < -0.39 is 0 Å². The Morgan fingerprint density at radius 1 is 1.00 bits per heavy atom. The smallest absolute Gasteiger partial charge is 0.262 e. The molecule has 0 radical (unpaired) electrons. The molecule has 1 aromatic heterocycles. The predicted octanol–water partition coefficient (Wildman–Crippen LogP) is 4.88. The average Bonchev–Trinajstić information content (AvgIpc) is 2.73. The second-order valence-corrected chi connectivity index (χ2v) is 7.90. The molecule has 5 heteroatoms. The molecule has 0 bridgehead atoms. The van der Waals surface area contributed by atoms with Crippen LogP contribution in [0.1, 0.15) is 48.5 Å². The monoisotopic (exact) mass is 378 g/mol. The summed E-state index contributed by atoms with van der Waals surface area (Å²) in [7, 11) is 0. The first-order valence-corrected chi connectivity index (χ1v) is 10.4. The molecule has 4 rings (SSSR count). The molecule has 0 atom stereocenters. The Labute approximate surface area is 162 Å². The summed E-state index contributed by atoms with van der Waals surface area (Å²) in [5.74, 6) is 0.333. The van der Waals surface area contributed by atoms with Gasteiger partial charge >= 0.3 is 0 Å². The van der Waals surface area contributed by atoms with Crippen molar-refractivity contribution in [1.82, 2.24) is 9.55 Å². The maximum Gasteiger partial charge on any atom is 0.262 e. The van der Waals surface area contributed by atoms with Gasteiger partial charge in [0.2, 0.25) is 0 Å². The van der Waals surface area contributed by atoms with Crippen LogP contribution in [0.25, 0.3) is 10.9 Å². The molecule has 4 nitrogen and oxygen atoms in total. The van der Waals surface area contributed by atoms with Crippen LogP contribution in [-0.2, 0) is 0 Å². The topological polar surface area (TPSA) is 52.0 Å². The zero-order valence-corrected chi connectivity index (χ0v) is 16.0. The van der Waals surface area contributed by atoms with Crippen molar-refractivity contribution in [3.8, 4) is 0 Å². The van der Waals surface area contributed by atoms with Gasteiger partial charge in [0.05, 0.1) is 16.7 Å². The fraction of sp³-hybridized carbons (Fsp3) is 0.318. The molecule has 138 valence electrons. The number of thioether (sulfide) groups is 1. The standard InChI is InChI=1S/C22H22N2O2S/c25-20(16-9-3-1-4-10-16)15-27-22-23-19-14-8-7-13-18(19)21(26)24(22)17-11-5-2-6-12-17/h1,3-4,7-10,13-14,17H,2,5-6,11-12,15H2. The Morgan fingerprint density at radius 2 is 1.70 bits per heavy atom. The Bertz CT molecular complexity index is 1010. The molecule has 0 spiro atoms. The van der Waals surface area contributed by atoms with Crippen LogP contribution in [0.4, 0.5) is 0 Å². The normalized spacial score (nSPS) is 15.1. The number of rotatable bonds is 5. The first-order chi connectivity index (χ1) is 13.2. The summed E-state index contributed by atoms with van der Waals surface area (Å²) in [6, 6.07) is 16.9. The van der Waals surface area contributed by atoms with E-state index in [1.165, 1.54) is 18.2 Å². The molecule has 0 amide bonds. The maximum atomic E-state index is 13.2. The minimum atomic E-state index is 0.0159. The molecule has 3 aromatic rings. The molecule has 1 aliphatic carbocycles. The zero-order valence-electron chi connectivity index (χ0n) is 15.1.